The van der Waals surface area contributed by atoms with Gasteiger partial charge in [0.25, 0.3) is 0 Å². The van der Waals surface area contributed by atoms with Crippen molar-refractivity contribution in [1.29, 1.82) is 0 Å². The molecule has 12 heavy (non-hydrogen) atoms. The third-order valence-electron chi connectivity index (χ3n) is 1.39. The predicted octanol–water partition coefficient (Wildman–Crippen LogP) is 2.88. The van der Waals surface area contributed by atoms with Crippen molar-refractivity contribution in [2.75, 3.05) is 7.11 Å². The molecule has 0 saturated heterocycles. The van der Waals surface area contributed by atoms with E-state index in [0.717, 1.165) is 0 Å². The van der Waals surface area contributed by atoms with Crippen molar-refractivity contribution in [3.05, 3.63) is 28.8 Å². The van der Waals surface area contributed by atoms with Crippen LogP contribution in [0.1, 0.15) is 10.4 Å². The molecule has 0 aliphatic carbocycles. The number of benzene rings is 1. The quantitative estimate of drug-likeness (QED) is 0.753. The number of carbonyl (C=O) groups excluding carboxylic acids is 1. The number of hydrogen-bond acceptors (Lipinski definition) is 2. The second-order valence-electron chi connectivity index (χ2n) is 2.09. The van der Waals surface area contributed by atoms with Crippen molar-refractivity contribution in [3.63, 3.8) is 0 Å². The Labute approximate surface area is 83.6 Å². The molecule has 1 aromatic rings. The Hall–Kier alpha value is -0.540. The van der Waals surface area contributed by atoms with Crippen molar-refractivity contribution in [3.8, 4) is 5.75 Å². The lowest BCUT2D eigenvalue weighted by molar-refractivity contribution is 0.109. The van der Waals surface area contributed by atoms with Crippen LogP contribution in [0, 0.1) is 0 Å². The van der Waals surface area contributed by atoms with E-state index in [-0.39, 0.29) is 4.69 Å². The van der Waals surface area contributed by atoms with Crippen molar-refractivity contribution in [2.45, 2.75) is 0 Å². The maximum atomic E-state index is 11.0. The van der Waals surface area contributed by atoms with Crippen LogP contribution in [0.4, 0.5) is 0 Å². The summed E-state index contributed by atoms with van der Waals surface area (Å²) in [6, 6.07) is 5.04. The highest BCUT2D eigenvalue weighted by molar-refractivity contribution is 9.18. The molecule has 1 aromatic carbocycles. The van der Waals surface area contributed by atoms with Crippen LogP contribution in [0.3, 0.4) is 0 Å². The predicted molar refractivity (Wildman–Crippen MR) is 51.3 cm³/mol. The van der Waals surface area contributed by atoms with Crippen LogP contribution >= 0.6 is 27.5 Å². The van der Waals surface area contributed by atoms with Crippen LogP contribution in [-0.4, -0.2) is 11.8 Å². The Morgan fingerprint density at radius 1 is 1.58 bits per heavy atom. The van der Waals surface area contributed by atoms with E-state index in [0.29, 0.717) is 16.3 Å². The first-order chi connectivity index (χ1) is 5.66. The minimum Gasteiger partial charge on any atom is -0.496 e. The van der Waals surface area contributed by atoms with Gasteiger partial charge >= 0.3 is 0 Å². The van der Waals surface area contributed by atoms with Gasteiger partial charge in [0, 0.05) is 0 Å². The van der Waals surface area contributed by atoms with Gasteiger partial charge in [-0.3, -0.25) is 4.79 Å². The van der Waals surface area contributed by atoms with Gasteiger partial charge in [0.1, 0.15) is 5.75 Å². The molecule has 0 amide bonds. The average molecular weight is 249 g/mol. The molecule has 0 heterocycles. The maximum absolute atomic E-state index is 11.0. The SMILES string of the molecule is COc1cccc(Cl)c1C(=O)Br. The van der Waals surface area contributed by atoms with Gasteiger partial charge in [0.2, 0.25) is 4.69 Å². The molecule has 0 radical (unpaired) electrons. The maximum Gasteiger partial charge on any atom is 0.233 e. The van der Waals surface area contributed by atoms with Crippen LogP contribution in [0.2, 0.25) is 5.02 Å². The first-order valence-corrected chi connectivity index (χ1v) is 4.36. The molecule has 2 nitrogen and oxygen atoms in total. The number of hydrogen-bond donors (Lipinski definition) is 0. The van der Waals surface area contributed by atoms with Gasteiger partial charge in [-0.1, -0.05) is 17.7 Å². The van der Waals surface area contributed by atoms with Crippen LogP contribution < -0.4 is 4.74 Å². The fraction of sp³-hybridized carbons (Fsp3) is 0.125. The van der Waals surface area contributed by atoms with Crippen molar-refractivity contribution >= 4 is 32.2 Å². The summed E-state index contributed by atoms with van der Waals surface area (Å²) >= 11 is 8.59. The van der Waals surface area contributed by atoms with E-state index < -0.39 is 0 Å². The number of carbonyl (C=O) groups is 1. The fourth-order valence-electron chi connectivity index (χ4n) is 0.865. The van der Waals surface area contributed by atoms with Gasteiger partial charge in [-0.25, -0.2) is 0 Å². The summed E-state index contributed by atoms with van der Waals surface area (Å²) in [4.78, 5) is 11.0. The van der Waals surface area contributed by atoms with Gasteiger partial charge < -0.3 is 4.74 Å². The van der Waals surface area contributed by atoms with Gasteiger partial charge in [0.15, 0.2) is 0 Å². The average Bonchev–Trinajstić information content (AvgIpc) is 2.03. The Bertz CT molecular complexity index is 312. The summed E-state index contributed by atoms with van der Waals surface area (Å²) in [5.74, 6) is 0.476. The summed E-state index contributed by atoms with van der Waals surface area (Å²) in [6.45, 7) is 0. The lowest BCUT2D eigenvalue weighted by atomic mass is 10.2. The zero-order chi connectivity index (χ0) is 9.14. The van der Waals surface area contributed by atoms with Crippen molar-refractivity contribution in [1.82, 2.24) is 0 Å². The molecule has 0 aliphatic heterocycles. The monoisotopic (exact) mass is 248 g/mol. The minimum absolute atomic E-state index is 0.273. The first kappa shape index (κ1) is 9.55. The lowest BCUT2D eigenvalue weighted by Crippen LogP contribution is -1.95. The van der Waals surface area contributed by atoms with E-state index in [4.69, 9.17) is 16.3 Å². The fourth-order valence-corrected chi connectivity index (χ4v) is 1.64. The van der Waals surface area contributed by atoms with Crippen LogP contribution in [-0.2, 0) is 0 Å². The van der Waals surface area contributed by atoms with Gasteiger partial charge in [0.05, 0.1) is 17.7 Å². The van der Waals surface area contributed by atoms with Crippen LogP contribution in [0.25, 0.3) is 0 Å². The van der Waals surface area contributed by atoms with Gasteiger partial charge in [-0.2, -0.15) is 0 Å². The Balaban J connectivity index is 3.29. The largest absolute Gasteiger partial charge is 0.496 e. The third kappa shape index (κ3) is 1.79. The lowest BCUT2D eigenvalue weighted by Gasteiger charge is -2.05. The molecule has 0 spiro atoms. The zero-order valence-electron chi connectivity index (χ0n) is 6.30. The Kier molecular flexibility index (Phi) is 3.12. The number of halogens is 2. The normalized spacial score (nSPS) is 9.58. The molecule has 0 unspecified atom stereocenters. The van der Waals surface area contributed by atoms with E-state index in [9.17, 15) is 4.79 Å². The molecule has 0 aliphatic rings. The molecule has 0 bridgehead atoms. The molecule has 0 saturated carbocycles. The molecule has 4 heteroatoms. The van der Waals surface area contributed by atoms with Crippen molar-refractivity contribution < 1.29 is 9.53 Å². The Morgan fingerprint density at radius 3 is 2.67 bits per heavy atom. The van der Waals surface area contributed by atoms with E-state index >= 15 is 0 Å². The molecule has 1 rings (SSSR count). The van der Waals surface area contributed by atoms with Crippen LogP contribution in [0.5, 0.6) is 5.75 Å². The van der Waals surface area contributed by atoms with E-state index in [1.807, 2.05) is 0 Å². The highest BCUT2D eigenvalue weighted by atomic mass is 79.9. The molecular formula is C8H6BrClO2. The molecular weight excluding hydrogens is 243 g/mol. The second kappa shape index (κ2) is 3.92. The topological polar surface area (TPSA) is 26.3 Å². The standard InChI is InChI=1S/C8H6BrClO2/c1-12-6-4-2-3-5(10)7(6)8(9)11/h2-4H,1H3. The van der Waals surface area contributed by atoms with E-state index in [1.54, 1.807) is 18.2 Å². The van der Waals surface area contributed by atoms with E-state index in [1.165, 1.54) is 7.11 Å². The Morgan fingerprint density at radius 2 is 2.25 bits per heavy atom. The molecule has 0 aromatic heterocycles. The molecule has 0 N–H and O–H groups in total. The molecule has 64 valence electrons. The summed E-state index contributed by atoms with van der Waals surface area (Å²) in [7, 11) is 1.49. The first-order valence-electron chi connectivity index (χ1n) is 3.19. The highest BCUT2D eigenvalue weighted by Crippen LogP contribution is 2.27. The molecule has 0 fully saturated rings. The summed E-state index contributed by atoms with van der Waals surface area (Å²) < 4.78 is 4.68. The number of methoxy groups -OCH3 is 1. The van der Waals surface area contributed by atoms with Gasteiger partial charge in [-0.15, -0.1) is 0 Å². The molecule has 0 atom stereocenters. The summed E-state index contributed by atoms with van der Waals surface area (Å²) in [5.41, 5.74) is 0.363. The smallest absolute Gasteiger partial charge is 0.233 e. The zero-order valence-corrected chi connectivity index (χ0v) is 8.65. The third-order valence-corrected chi connectivity index (χ3v) is 2.10. The summed E-state index contributed by atoms with van der Waals surface area (Å²) in [5, 5.41) is 0.385. The van der Waals surface area contributed by atoms with Gasteiger partial charge in [-0.05, 0) is 28.1 Å². The van der Waals surface area contributed by atoms with Crippen molar-refractivity contribution in [2.24, 2.45) is 0 Å². The van der Waals surface area contributed by atoms with E-state index in [2.05, 4.69) is 15.9 Å². The highest BCUT2D eigenvalue weighted by Gasteiger charge is 2.12. The second-order valence-corrected chi connectivity index (χ2v) is 3.22. The number of ether oxygens (including phenoxy) is 1. The minimum atomic E-state index is -0.273. The van der Waals surface area contributed by atoms with Crippen LogP contribution in [0.15, 0.2) is 18.2 Å². The number of rotatable bonds is 2. The summed E-state index contributed by atoms with van der Waals surface area (Å²) in [6.07, 6.45) is 0.